The van der Waals surface area contributed by atoms with E-state index in [1.807, 2.05) is 0 Å². The summed E-state index contributed by atoms with van der Waals surface area (Å²) in [6.45, 7) is 1.37. The molecule has 1 N–H and O–H groups in total. The second-order valence-electron chi connectivity index (χ2n) is 5.44. The van der Waals surface area contributed by atoms with Crippen LogP contribution in [0.5, 0.6) is 5.75 Å². The van der Waals surface area contributed by atoms with E-state index in [4.69, 9.17) is 4.74 Å². The van der Waals surface area contributed by atoms with Crippen LogP contribution in [0.4, 0.5) is 13.2 Å². The number of rotatable bonds is 4. The van der Waals surface area contributed by atoms with Crippen molar-refractivity contribution in [2.75, 3.05) is 0 Å². The minimum absolute atomic E-state index is 0.206. The maximum absolute atomic E-state index is 13.2. The zero-order valence-corrected chi connectivity index (χ0v) is 14.9. The summed E-state index contributed by atoms with van der Waals surface area (Å²) in [5, 5.41) is 9.23. The van der Waals surface area contributed by atoms with E-state index < -0.39 is 17.4 Å². The fraction of sp³-hybridized carbons (Fsp3) is 0.188. The Kier molecular flexibility index (Phi) is 4.86. The number of hydrogen-bond acceptors (Lipinski definition) is 4. The predicted molar refractivity (Wildman–Crippen MR) is 90.2 cm³/mol. The van der Waals surface area contributed by atoms with Crippen molar-refractivity contribution in [3.63, 3.8) is 0 Å². The van der Waals surface area contributed by atoms with Crippen molar-refractivity contribution >= 4 is 15.9 Å². The zero-order chi connectivity index (χ0) is 18.9. The highest BCUT2D eigenvalue weighted by Gasteiger charge is 2.34. The van der Waals surface area contributed by atoms with Crippen LogP contribution in [-0.2, 0) is 12.8 Å². The van der Waals surface area contributed by atoms with Crippen LogP contribution in [0.1, 0.15) is 16.7 Å². The van der Waals surface area contributed by atoms with Crippen molar-refractivity contribution in [2.24, 2.45) is 0 Å². The van der Waals surface area contributed by atoms with Crippen molar-refractivity contribution in [1.29, 1.82) is 0 Å². The van der Waals surface area contributed by atoms with Crippen LogP contribution in [0.25, 0.3) is 5.69 Å². The molecule has 0 saturated heterocycles. The highest BCUT2D eigenvalue weighted by molar-refractivity contribution is 9.10. The monoisotopic (exact) mass is 428 g/mol. The number of nitrogens with zero attached hydrogens (tertiary/aromatic N) is 3. The summed E-state index contributed by atoms with van der Waals surface area (Å²) >= 11 is 3.32. The van der Waals surface area contributed by atoms with Crippen molar-refractivity contribution in [3.8, 4) is 11.4 Å². The molecule has 0 radical (unpaired) electrons. The molecule has 0 spiro atoms. The third kappa shape index (κ3) is 3.64. The minimum Gasteiger partial charge on any atom is -0.488 e. The Morgan fingerprint density at radius 3 is 2.69 bits per heavy atom. The molecule has 0 saturated carbocycles. The number of aromatic nitrogens is 4. The molecule has 2 aromatic carbocycles. The van der Waals surface area contributed by atoms with Gasteiger partial charge in [0.2, 0.25) is 0 Å². The number of hydrogen-bond donors (Lipinski definition) is 1. The normalized spacial score (nSPS) is 11.6. The first-order valence-corrected chi connectivity index (χ1v) is 8.15. The maximum Gasteiger partial charge on any atom is 0.419 e. The molecular weight excluding hydrogens is 417 g/mol. The molecule has 1 aromatic heterocycles. The standard InChI is InChI=1S/C16H12BrF3N4O2/c1-9-5-6-14(11(7-9)16(18,19)20)26-8-10-12(17)3-2-4-13(10)24-15(25)21-22-23-24/h2-7H,8H2,1H3,(H,21,23,25). The van der Waals surface area contributed by atoms with Crippen molar-refractivity contribution in [3.05, 3.63) is 68.0 Å². The summed E-state index contributed by atoms with van der Waals surface area (Å²) in [6, 6.07) is 8.78. The van der Waals surface area contributed by atoms with Gasteiger partial charge >= 0.3 is 11.9 Å². The van der Waals surface area contributed by atoms with E-state index in [-0.39, 0.29) is 12.4 Å². The Balaban J connectivity index is 1.97. The summed E-state index contributed by atoms with van der Waals surface area (Å²) in [7, 11) is 0. The van der Waals surface area contributed by atoms with Crippen LogP contribution in [0.15, 0.2) is 45.7 Å². The predicted octanol–water partition coefficient (Wildman–Crippen LogP) is 3.62. The van der Waals surface area contributed by atoms with E-state index in [0.717, 1.165) is 10.7 Å². The second kappa shape index (κ2) is 6.94. The lowest BCUT2D eigenvalue weighted by Crippen LogP contribution is -2.18. The fourth-order valence-corrected chi connectivity index (χ4v) is 2.86. The first-order chi connectivity index (χ1) is 12.3. The van der Waals surface area contributed by atoms with Crippen LogP contribution in [0.3, 0.4) is 0 Å². The number of ether oxygens (including phenoxy) is 1. The minimum atomic E-state index is -4.54. The fourth-order valence-electron chi connectivity index (χ4n) is 2.39. The number of halogens is 4. The van der Waals surface area contributed by atoms with Crippen LogP contribution in [0.2, 0.25) is 0 Å². The van der Waals surface area contributed by atoms with E-state index in [1.54, 1.807) is 25.1 Å². The van der Waals surface area contributed by atoms with E-state index in [0.29, 0.717) is 21.3 Å². The average molecular weight is 429 g/mol. The van der Waals surface area contributed by atoms with Crippen LogP contribution in [-0.4, -0.2) is 20.2 Å². The van der Waals surface area contributed by atoms with Gasteiger partial charge in [-0.1, -0.05) is 33.6 Å². The molecule has 0 amide bonds. The topological polar surface area (TPSA) is 72.8 Å². The molecule has 26 heavy (non-hydrogen) atoms. The number of H-pyrrole nitrogens is 1. The smallest absolute Gasteiger partial charge is 0.419 e. The largest absolute Gasteiger partial charge is 0.488 e. The van der Waals surface area contributed by atoms with Gasteiger partial charge in [-0.3, -0.25) is 0 Å². The Bertz CT molecular complexity index is 998. The highest BCUT2D eigenvalue weighted by Crippen LogP contribution is 2.37. The third-order valence-corrected chi connectivity index (χ3v) is 4.35. The lowest BCUT2D eigenvalue weighted by Gasteiger charge is -2.16. The lowest BCUT2D eigenvalue weighted by molar-refractivity contribution is -0.139. The number of nitrogens with one attached hydrogen (secondary N) is 1. The number of aromatic amines is 1. The van der Waals surface area contributed by atoms with Crippen molar-refractivity contribution in [2.45, 2.75) is 19.7 Å². The van der Waals surface area contributed by atoms with E-state index in [9.17, 15) is 18.0 Å². The summed E-state index contributed by atoms with van der Waals surface area (Å²) in [4.78, 5) is 11.8. The molecule has 0 unspecified atom stereocenters. The van der Waals surface area contributed by atoms with Crippen molar-refractivity contribution < 1.29 is 17.9 Å². The molecule has 136 valence electrons. The van der Waals surface area contributed by atoms with Crippen LogP contribution in [0, 0.1) is 6.92 Å². The summed E-state index contributed by atoms with van der Waals surface area (Å²) in [5.74, 6) is -0.294. The van der Waals surface area contributed by atoms with Gasteiger partial charge in [-0.15, -0.1) is 0 Å². The van der Waals surface area contributed by atoms with Gasteiger partial charge in [0.15, 0.2) is 0 Å². The molecule has 0 fully saturated rings. The Morgan fingerprint density at radius 1 is 1.27 bits per heavy atom. The van der Waals surface area contributed by atoms with Gasteiger partial charge in [0.05, 0.1) is 11.3 Å². The Labute approximate surface area is 153 Å². The molecular formula is C16H12BrF3N4O2. The van der Waals surface area contributed by atoms with Crippen LogP contribution < -0.4 is 10.4 Å². The number of benzene rings is 2. The molecule has 3 rings (SSSR count). The second-order valence-corrected chi connectivity index (χ2v) is 6.30. The molecule has 6 nitrogen and oxygen atoms in total. The first kappa shape index (κ1) is 18.2. The zero-order valence-electron chi connectivity index (χ0n) is 13.3. The molecule has 0 aliphatic carbocycles. The van der Waals surface area contributed by atoms with Crippen LogP contribution >= 0.6 is 15.9 Å². The average Bonchev–Trinajstić information content (AvgIpc) is 2.99. The van der Waals surface area contributed by atoms with Gasteiger partial charge in [-0.2, -0.15) is 17.9 Å². The summed E-state index contributed by atoms with van der Waals surface area (Å²) in [6.07, 6.45) is -4.54. The van der Waals surface area contributed by atoms with Gasteiger partial charge < -0.3 is 4.74 Å². The van der Waals surface area contributed by atoms with E-state index in [1.165, 1.54) is 12.1 Å². The molecule has 10 heteroatoms. The molecule has 0 bridgehead atoms. The van der Waals surface area contributed by atoms with E-state index in [2.05, 4.69) is 31.5 Å². The first-order valence-electron chi connectivity index (χ1n) is 7.36. The SMILES string of the molecule is Cc1ccc(OCc2c(Br)cccc2-n2nn[nH]c2=O)c(C(F)(F)F)c1. The van der Waals surface area contributed by atoms with Gasteiger partial charge in [0, 0.05) is 10.0 Å². The van der Waals surface area contributed by atoms with Gasteiger partial charge in [0.1, 0.15) is 12.4 Å². The maximum atomic E-state index is 13.2. The Hall–Kier alpha value is -2.62. The summed E-state index contributed by atoms with van der Waals surface area (Å²) in [5.41, 5.74) is -0.156. The van der Waals surface area contributed by atoms with Gasteiger partial charge in [0.25, 0.3) is 0 Å². The number of alkyl halides is 3. The van der Waals surface area contributed by atoms with Crippen molar-refractivity contribution in [1.82, 2.24) is 20.2 Å². The van der Waals surface area contributed by atoms with E-state index >= 15 is 0 Å². The highest BCUT2D eigenvalue weighted by atomic mass is 79.9. The van der Waals surface area contributed by atoms with Gasteiger partial charge in [-0.25, -0.2) is 9.89 Å². The molecule has 0 atom stereocenters. The quantitative estimate of drug-likeness (QED) is 0.688. The Morgan fingerprint density at radius 2 is 2.04 bits per heavy atom. The molecule has 1 heterocycles. The number of aryl methyl sites for hydroxylation is 1. The molecule has 0 aliphatic heterocycles. The number of tetrazole rings is 1. The van der Waals surface area contributed by atoms with Gasteiger partial charge in [-0.05, 0) is 41.6 Å². The molecule has 3 aromatic rings. The third-order valence-electron chi connectivity index (χ3n) is 3.61. The molecule has 0 aliphatic rings. The summed E-state index contributed by atoms with van der Waals surface area (Å²) < 4.78 is 46.7. The lowest BCUT2D eigenvalue weighted by atomic mass is 10.1.